The summed E-state index contributed by atoms with van der Waals surface area (Å²) >= 11 is 0. The molecule has 6 heteroatoms. The molecule has 2 N–H and O–H groups in total. The number of carboxylic acids is 1. The lowest BCUT2D eigenvalue weighted by Gasteiger charge is -2.22. The van der Waals surface area contributed by atoms with E-state index in [1.54, 1.807) is 6.07 Å². The molecule has 1 fully saturated rings. The largest absolute Gasteiger partial charge is 0.481 e. The van der Waals surface area contributed by atoms with E-state index in [0.29, 0.717) is 12.2 Å². The summed E-state index contributed by atoms with van der Waals surface area (Å²) in [7, 11) is 0. The molecule has 1 aromatic carbocycles. The zero-order valence-corrected chi connectivity index (χ0v) is 11.0. The van der Waals surface area contributed by atoms with Crippen LogP contribution in [0.5, 0.6) is 0 Å². The van der Waals surface area contributed by atoms with Gasteiger partial charge in [0.1, 0.15) is 5.82 Å². The number of carbonyl (C=O) groups excluding carboxylic acids is 1. The lowest BCUT2D eigenvalue weighted by atomic mass is 10.1. The van der Waals surface area contributed by atoms with Gasteiger partial charge in [0.05, 0.1) is 13.0 Å². The molecule has 1 amide bonds. The predicted molar refractivity (Wildman–Crippen MR) is 71.9 cm³/mol. The van der Waals surface area contributed by atoms with Gasteiger partial charge >= 0.3 is 5.97 Å². The Morgan fingerprint density at radius 2 is 2.25 bits per heavy atom. The molecule has 2 rings (SSSR count). The number of aliphatic carboxylic acids is 1. The van der Waals surface area contributed by atoms with Crippen molar-refractivity contribution in [2.75, 3.05) is 18.4 Å². The summed E-state index contributed by atoms with van der Waals surface area (Å²) in [6, 6.07) is 5.59. The van der Waals surface area contributed by atoms with Crippen molar-refractivity contribution in [1.29, 1.82) is 0 Å². The van der Waals surface area contributed by atoms with E-state index in [1.165, 1.54) is 18.2 Å². The molecule has 1 heterocycles. The highest BCUT2D eigenvalue weighted by atomic mass is 19.1. The van der Waals surface area contributed by atoms with Crippen molar-refractivity contribution in [3.8, 4) is 0 Å². The Morgan fingerprint density at radius 1 is 1.45 bits per heavy atom. The van der Waals surface area contributed by atoms with Crippen LogP contribution in [0.4, 0.5) is 10.1 Å². The first kappa shape index (κ1) is 14.5. The second-order valence-electron chi connectivity index (χ2n) is 4.92. The molecular formula is C14H17FN2O3. The highest BCUT2D eigenvalue weighted by molar-refractivity contribution is 5.92. The van der Waals surface area contributed by atoms with Crippen molar-refractivity contribution in [2.45, 2.75) is 25.3 Å². The van der Waals surface area contributed by atoms with Gasteiger partial charge in [0.25, 0.3) is 0 Å². The minimum atomic E-state index is -0.854. The van der Waals surface area contributed by atoms with Gasteiger partial charge in [-0.25, -0.2) is 4.39 Å². The van der Waals surface area contributed by atoms with Gasteiger partial charge in [-0.15, -0.1) is 0 Å². The molecule has 1 aliphatic rings. The molecule has 108 valence electrons. The molecule has 20 heavy (non-hydrogen) atoms. The monoisotopic (exact) mass is 280 g/mol. The first-order valence-electron chi connectivity index (χ1n) is 6.56. The maximum absolute atomic E-state index is 13.0. The molecule has 1 saturated heterocycles. The van der Waals surface area contributed by atoms with Crippen LogP contribution in [0.3, 0.4) is 0 Å². The van der Waals surface area contributed by atoms with Gasteiger partial charge in [-0.05, 0) is 37.6 Å². The van der Waals surface area contributed by atoms with Gasteiger partial charge < -0.3 is 10.4 Å². The topological polar surface area (TPSA) is 69.6 Å². The Kier molecular flexibility index (Phi) is 4.68. The second kappa shape index (κ2) is 6.47. The van der Waals surface area contributed by atoms with Gasteiger partial charge in [0.2, 0.25) is 5.91 Å². The third-order valence-electron chi connectivity index (χ3n) is 3.36. The third-order valence-corrected chi connectivity index (χ3v) is 3.36. The van der Waals surface area contributed by atoms with Crippen LogP contribution in [-0.4, -0.2) is 41.0 Å². The smallest absolute Gasteiger partial charge is 0.304 e. The van der Waals surface area contributed by atoms with Crippen LogP contribution in [0.2, 0.25) is 0 Å². The van der Waals surface area contributed by atoms with Gasteiger partial charge in [-0.3, -0.25) is 14.5 Å². The first-order valence-corrected chi connectivity index (χ1v) is 6.56. The Hall–Kier alpha value is -1.95. The van der Waals surface area contributed by atoms with Gasteiger partial charge in [0.15, 0.2) is 0 Å². The number of halogens is 1. The predicted octanol–water partition coefficient (Wildman–Crippen LogP) is 1.70. The number of hydrogen-bond donors (Lipinski definition) is 2. The van der Waals surface area contributed by atoms with E-state index >= 15 is 0 Å². The third kappa shape index (κ3) is 4.03. The molecule has 0 spiro atoms. The first-order chi connectivity index (χ1) is 9.54. The number of nitrogens with zero attached hydrogens (tertiary/aromatic N) is 1. The van der Waals surface area contributed by atoms with Crippen LogP contribution < -0.4 is 5.32 Å². The Morgan fingerprint density at radius 3 is 2.95 bits per heavy atom. The van der Waals surface area contributed by atoms with E-state index in [9.17, 15) is 14.0 Å². The minimum Gasteiger partial charge on any atom is -0.481 e. The number of hydrogen-bond acceptors (Lipinski definition) is 3. The normalized spacial score (nSPS) is 18.9. The number of carbonyl (C=O) groups is 2. The number of likely N-dealkylation sites (tertiary alicyclic amines) is 1. The fourth-order valence-corrected chi connectivity index (χ4v) is 2.49. The maximum atomic E-state index is 13.0. The molecule has 1 unspecified atom stereocenters. The van der Waals surface area contributed by atoms with E-state index in [-0.39, 0.29) is 24.9 Å². The fraction of sp³-hybridized carbons (Fsp3) is 0.429. The summed E-state index contributed by atoms with van der Waals surface area (Å²) < 4.78 is 13.0. The number of carboxylic acid groups (broad SMARTS) is 1. The van der Waals surface area contributed by atoms with Gasteiger partial charge in [-0.2, -0.15) is 0 Å². The average Bonchev–Trinajstić information content (AvgIpc) is 2.75. The number of nitrogens with one attached hydrogen (secondary N) is 1. The van der Waals surface area contributed by atoms with Crippen LogP contribution in [-0.2, 0) is 9.59 Å². The zero-order chi connectivity index (χ0) is 14.5. The molecule has 0 aromatic heterocycles. The van der Waals surface area contributed by atoms with Crippen LogP contribution in [0, 0.1) is 5.82 Å². The molecular weight excluding hydrogens is 263 g/mol. The average molecular weight is 280 g/mol. The molecule has 0 aliphatic carbocycles. The Balaban J connectivity index is 1.89. The summed E-state index contributed by atoms with van der Waals surface area (Å²) in [5.74, 6) is -1.52. The SMILES string of the molecule is O=C(O)CC1CCCN1CC(=O)Nc1cccc(F)c1. The summed E-state index contributed by atoms with van der Waals surface area (Å²) in [5, 5.41) is 11.4. The maximum Gasteiger partial charge on any atom is 0.304 e. The molecule has 1 aromatic rings. The number of anilines is 1. The van der Waals surface area contributed by atoms with E-state index in [1.807, 2.05) is 4.90 Å². The highest BCUT2D eigenvalue weighted by Crippen LogP contribution is 2.20. The molecule has 5 nitrogen and oxygen atoms in total. The molecule has 0 bridgehead atoms. The Labute approximate surface area is 116 Å². The van der Waals surface area contributed by atoms with Crippen LogP contribution >= 0.6 is 0 Å². The second-order valence-corrected chi connectivity index (χ2v) is 4.92. The van der Waals surface area contributed by atoms with E-state index < -0.39 is 11.8 Å². The number of benzene rings is 1. The van der Waals surface area contributed by atoms with Crippen LogP contribution in [0.15, 0.2) is 24.3 Å². The summed E-state index contributed by atoms with van der Waals surface area (Å²) in [6.45, 7) is 0.850. The molecule has 0 saturated carbocycles. The number of rotatable bonds is 5. The lowest BCUT2D eigenvalue weighted by Crippen LogP contribution is -2.37. The Bertz CT molecular complexity index is 507. The molecule has 1 atom stereocenters. The molecule has 1 aliphatic heterocycles. The van der Waals surface area contributed by atoms with Gasteiger partial charge in [-0.1, -0.05) is 6.07 Å². The van der Waals surface area contributed by atoms with E-state index in [2.05, 4.69) is 5.32 Å². The fourth-order valence-electron chi connectivity index (χ4n) is 2.49. The lowest BCUT2D eigenvalue weighted by molar-refractivity contribution is -0.138. The standard InChI is InChI=1S/C14H17FN2O3/c15-10-3-1-4-11(7-10)16-13(18)9-17-6-2-5-12(17)8-14(19)20/h1,3-4,7,12H,2,5-6,8-9H2,(H,16,18)(H,19,20). The summed E-state index contributed by atoms with van der Waals surface area (Å²) in [6.07, 6.45) is 1.73. The summed E-state index contributed by atoms with van der Waals surface area (Å²) in [5.41, 5.74) is 0.406. The van der Waals surface area contributed by atoms with Crippen molar-refractivity contribution >= 4 is 17.6 Å². The van der Waals surface area contributed by atoms with Crippen LogP contribution in [0.1, 0.15) is 19.3 Å². The van der Waals surface area contributed by atoms with E-state index in [4.69, 9.17) is 5.11 Å². The van der Waals surface area contributed by atoms with Crippen molar-refractivity contribution in [1.82, 2.24) is 4.90 Å². The van der Waals surface area contributed by atoms with Crippen molar-refractivity contribution in [3.63, 3.8) is 0 Å². The van der Waals surface area contributed by atoms with Gasteiger partial charge in [0, 0.05) is 11.7 Å². The molecule has 0 radical (unpaired) electrons. The van der Waals surface area contributed by atoms with Crippen LogP contribution in [0.25, 0.3) is 0 Å². The minimum absolute atomic E-state index is 0.0489. The van der Waals surface area contributed by atoms with Crippen molar-refractivity contribution in [2.24, 2.45) is 0 Å². The van der Waals surface area contributed by atoms with Crippen molar-refractivity contribution < 1.29 is 19.1 Å². The van der Waals surface area contributed by atoms with E-state index in [0.717, 1.165) is 12.8 Å². The quantitative estimate of drug-likeness (QED) is 0.861. The summed E-state index contributed by atoms with van der Waals surface area (Å²) in [4.78, 5) is 24.5. The highest BCUT2D eigenvalue weighted by Gasteiger charge is 2.27. The van der Waals surface area contributed by atoms with Crippen molar-refractivity contribution in [3.05, 3.63) is 30.1 Å². The zero-order valence-electron chi connectivity index (χ0n) is 11.0. The number of amides is 1.